The van der Waals surface area contributed by atoms with Gasteiger partial charge in [-0.3, -0.25) is 0 Å². The Morgan fingerprint density at radius 3 is 2.78 bits per heavy atom. The molecule has 0 spiro atoms. The Kier molecular flexibility index (Phi) is 2.60. The molecule has 2 saturated carbocycles. The number of nitrogens with zero attached hydrogens (tertiary/aromatic N) is 1. The van der Waals surface area contributed by atoms with Crippen LogP contribution >= 0.6 is 0 Å². The average Bonchev–Trinajstić information content (AvgIpc) is 2.89. The molecule has 3 unspecified atom stereocenters. The summed E-state index contributed by atoms with van der Waals surface area (Å²) in [7, 11) is 0. The maximum absolute atomic E-state index is 5.13. The van der Waals surface area contributed by atoms with Crippen molar-refractivity contribution in [3.63, 3.8) is 0 Å². The number of aryl methyl sites for hydroxylation is 1. The van der Waals surface area contributed by atoms with E-state index in [-0.39, 0.29) is 0 Å². The molecule has 0 aliphatic heterocycles. The zero-order valence-corrected chi connectivity index (χ0v) is 11.9. The molecule has 18 heavy (non-hydrogen) atoms. The molecule has 2 aliphatic carbocycles. The Labute approximate surface area is 109 Å². The monoisotopic (exact) mass is 248 g/mol. The molecule has 3 nitrogen and oxygen atoms in total. The fourth-order valence-electron chi connectivity index (χ4n) is 4.52. The van der Waals surface area contributed by atoms with Crippen LogP contribution in [0.25, 0.3) is 0 Å². The molecule has 2 fully saturated rings. The van der Waals surface area contributed by atoms with Gasteiger partial charge in [0.1, 0.15) is 5.76 Å². The van der Waals surface area contributed by atoms with Crippen molar-refractivity contribution in [1.82, 2.24) is 10.5 Å². The van der Waals surface area contributed by atoms with Crippen molar-refractivity contribution in [2.24, 2.45) is 16.7 Å². The Morgan fingerprint density at radius 1 is 1.44 bits per heavy atom. The summed E-state index contributed by atoms with van der Waals surface area (Å²) < 4.78 is 5.13. The summed E-state index contributed by atoms with van der Waals surface area (Å²) in [4.78, 5) is 0. The quantitative estimate of drug-likeness (QED) is 0.892. The SMILES string of the molecule is Cc1cc(CNC2C3(C)CCC(C3)C2(C)C)no1. The molecule has 1 aromatic rings. The highest BCUT2D eigenvalue weighted by molar-refractivity contribution is 5.13. The third kappa shape index (κ3) is 1.71. The van der Waals surface area contributed by atoms with Crippen molar-refractivity contribution in [2.45, 2.75) is 59.5 Å². The zero-order valence-electron chi connectivity index (χ0n) is 11.9. The highest BCUT2D eigenvalue weighted by Gasteiger charge is 2.58. The molecule has 1 heterocycles. The van der Waals surface area contributed by atoms with E-state index in [2.05, 4.69) is 31.2 Å². The van der Waals surface area contributed by atoms with Crippen molar-refractivity contribution in [2.75, 3.05) is 0 Å². The number of nitrogens with one attached hydrogen (secondary N) is 1. The highest BCUT2D eigenvalue weighted by Crippen LogP contribution is 2.62. The van der Waals surface area contributed by atoms with Gasteiger partial charge >= 0.3 is 0 Å². The lowest BCUT2D eigenvalue weighted by molar-refractivity contribution is 0.107. The fourth-order valence-corrected chi connectivity index (χ4v) is 4.52. The van der Waals surface area contributed by atoms with Crippen molar-refractivity contribution in [3.05, 3.63) is 17.5 Å². The molecule has 3 rings (SSSR count). The van der Waals surface area contributed by atoms with Crippen LogP contribution in [0.15, 0.2) is 10.6 Å². The lowest BCUT2D eigenvalue weighted by atomic mass is 9.68. The summed E-state index contributed by atoms with van der Waals surface area (Å²) >= 11 is 0. The predicted molar refractivity (Wildman–Crippen MR) is 71.1 cm³/mol. The molecular formula is C15H24N2O. The minimum absolute atomic E-state index is 0.409. The van der Waals surface area contributed by atoms with E-state index in [1.807, 2.05) is 13.0 Å². The van der Waals surface area contributed by atoms with Crippen molar-refractivity contribution in [1.29, 1.82) is 0 Å². The van der Waals surface area contributed by atoms with Crippen molar-refractivity contribution < 1.29 is 4.52 Å². The molecule has 2 bridgehead atoms. The molecule has 0 aromatic carbocycles. The van der Waals surface area contributed by atoms with Gasteiger partial charge in [-0.15, -0.1) is 0 Å². The maximum atomic E-state index is 5.13. The Balaban J connectivity index is 1.72. The minimum Gasteiger partial charge on any atom is -0.361 e. The van der Waals surface area contributed by atoms with Gasteiger partial charge in [0.2, 0.25) is 0 Å². The van der Waals surface area contributed by atoms with E-state index >= 15 is 0 Å². The van der Waals surface area contributed by atoms with Crippen LogP contribution in [0.1, 0.15) is 51.5 Å². The molecule has 0 amide bonds. The summed E-state index contributed by atoms with van der Waals surface area (Å²) in [6.45, 7) is 10.1. The predicted octanol–water partition coefficient (Wildman–Crippen LogP) is 3.29. The van der Waals surface area contributed by atoms with Crippen LogP contribution in [0.3, 0.4) is 0 Å². The van der Waals surface area contributed by atoms with Gasteiger partial charge in [-0.05, 0) is 42.9 Å². The number of rotatable bonds is 3. The second kappa shape index (κ2) is 3.83. The largest absolute Gasteiger partial charge is 0.361 e. The van der Waals surface area contributed by atoms with Crippen LogP contribution < -0.4 is 5.32 Å². The van der Waals surface area contributed by atoms with Crippen molar-refractivity contribution >= 4 is 0 Å². The first kappa shape index (κ1) is 12.2. The number of aromatic nitrogens is 1. The van der Waals surface area contributed by atoms with Gasteiger partial charge in [-0.25, -0.2) is 0 Å². The second-order valence-corrected chi connectivity index (χ2v) is 7.16. The molecule has 0 saturated heterocycles. The smallest absolute Gasteiger partial charge is 0.133 e. The van der Waals surface area contributed by atoms with Gasteiger partial charge in [-0.2, -0.15) is 0 Å². The van der Waals surface area contributed by atoms with E-state index in [0.29, 0.717) is 16.9 Å². The Morgan fingerprint density at radius 2 is 2.22 bits per heavy atom. The molecule has 2 aliphatic rings. The summed E-state index contributed by atoms with van der Waals surface area (Å²) in [6, 6.07) is 2.62. The van der Waals surface area contributed by atoms with Gasteiger partial charge in [0.15, 0.2) is 0 Å². The normalized spacial score (nSPS) is 37.3. The van der Waals surface area contributed by atoms with Gasteiger partial charge in [0, 0.05) is 18.7 Å². The fraction of sp³-hybridized carbons (Fsp3) is 0.800. The van der Waals surface area contributed by atoms with E-state index in [1.165, 1.54) is 19.3 Å². The van der Waals surface area contributed by atoms with Crippen LogP contribution in [0, 0.1) is 23.7 Å². The summed E-state index contributed by atoms with van der Waals surface area (Å²) in [5.41, 5.74) is 1.91. The Bertz CT molecular complexity index is 446. The molecule has 1 N–H and O–H groups in total. The average molecular weight is 248 g/mol. The lowest BCUT2D eigenvalue weighted by Gasteiger charge is -2.43. The summed E-state index contributed by atoms with van der Waals surface area (Å²) in [6.07, 6.45) is 4.16. The van der Waals surface area contributed by atoms with Crippen LogP contribution in [0.2, 0.25) is 0 Å². The molecule has 3 atom stereocenters. The van der Waals surface area contributed by atoms with Crippen molar-refractivity contribution in [3.8, 4) is 0 Å². The molecule has 1 aromatic heterocycles. The molecule has 100 valence electrons. The molecule has 0 radical (unpaired) electrons. The van der Waals surface area contributed by atoms with Gasteiger partial charge in [0.25, 0.3) is 0 Å². The van der Waals surface area contributed by atoms with Crippen LogP contribution in [0.4, 0.5) is 0 Å². The highest BCUT2D eigenvalue weighted by atomic mass is 16.5. The number of fused-ring (bicyclic) bond motifs is 2. The van der Waals surface area contributed by atoms with Crippen LogP contribution in [-0.2, 0) is 6.54 Å². The molecule has 3 heteroatoms. The topological polar surface area (TPSA) is 38.1 Å². The molecular weight excluding hydrogens is 224 g/mol. The van der Waals surface area contributed by atoms with Crippen LogP contribution in [0.5, 0.6) is 0 Å². The third-order valence-electron chi connectivity index (χ3n) is 5.43. The first-order valence-corrected chi connectivity index (χ1v) is 7.07. The van der Waals surface area contributed by atoms with E-state index in [9.17, 15) is 0 Å². The van der Waals surface area contributed by atoms with Gasteiger partial charge in [-0.1, -0.05) is 25.9 Å². The van der Waals surface area contributed by atoms with Gasteiger partial charge in [0.05, 0.1) is 5.69 Å². The number of hydrogen-bond donors (Lipinski definition) is 1. The second-order valence-electron chi connectivity index (χ2n) is 7.16. The van der Waals surface area contributed by atoms with E-state index in [4.69, 9.17) is 4.52 Å². The third-order valence-corrected chi connectivity index (χ3v) is 5.43. The lowest BCUT2D eigenvalue weighted by Crippen LogP contribution is -2.49. The Hall–Kier alpha value is -0.830. The minimum atomic E-state index is 0.409. The van der Waals surface area contributed by atoms with E-state index in [1.54, 1.807) is 0 Å². The van der Waals surface area contributed by atoms with Crippen LogP contribution in [-0.4, -0.2) is 11.2 Å². The van der Waals surface area contributed by atoms with E-state index in [0.717, 1.165) is 23.9 Å². The summed E-state index contributed by atoms with van der Waals surface area (Å²) in [5.74, 6) is 1.78. The zero-order chi connectivity index (χ0) is 13.0. The summed E-state index contributed by atoms with van der Waals surface area (Å²) in [5, 5.41) is 7.82. The maximum Gasteiger partial charge on any atom is 0.133 e. The van der Waals surface area contributed by atoms with E-state index < -0.39 is 0 Å². The standard InChI is InChI=1S/C15H24N2O/c1-10-7-12(17-18-10)9-16-13-14(2,3)11-5-6-15(13,4)8-11/h7,11,13,16H,5-6,8-9H2,1-4H3. The van der Waals surface area contributed by atoms with Gasteiger partial charge < -0.3 is 9.84 Å². The first-order chi connectivity index (χ1) is 8.42. The first-order valence-electron chi connectivity index (χ1n) is 7.07. The number of hydrogen-bond acceptors (Lipinski definition) is 3.